The van der Waals surface area contributed by atoms with Gasteiger partial charge in [0.1, 0.15) is 5.75 Å². The van der Waals surface area contributed by atoms with Gasteiger partial charge < -0.3 is 14.2 Å². The molecule has 0 fully saturated rings. The zero-order chi connectivity index (χ0) is 16.8. The third kappa shape index (κ3) is 3.58. The number of thioether (sulfide) groups is 1. The normalized spacial score (nSPS) is 11.0. The molecule has 1 heterocycles. The Hall–Kier alpha value is -2.22. The summed E-state index contributed by atoms with van der Waals surface area (Å²) in [5, 5.41) is 13.5. The smallest absolute Gasteiger partial charge is 0.211 e. The number of aryl methyl sites for hydroxylation is 1. The number of nitrogens with zero attached hydrogens (tertiary/aromatic N) is 4. The molecule has 2 rings (SSSR count). The van der Waals surface area contributed by atoms with Crippen LogP contribution in [0, 0.1) is 0 Å². The van der Waals surface area contributed by atoms with Crippen LogP contribution in [-0.2, 0) is 6.42 Å². The fourth-order valence-electron chi connectivity index (χ4n) is 2.03. The van der Waals surface area contributed by atoms with Crippen LogP contribution in [0.1, 0.15) is 18.3 Å². The predicted molar refractivity (Wildman–Crippen MR) is 90.3 cm³/mol. The maximum absolute atomic E-state index is 5.40. The van der Waals surface area contributed by atoms with Crippen molar-refractivity contribution in [3.05, 3.63) is 23.5 Å². The summed E-state index contributed by atoms with van der Waals surface area (Å²) in [6.07, 6.45) is 4.38. The minimum Gasteiger partial charge on any atom is -0.496 e. The molecule has 1 aromatic carbocycles. The molecule has 0 bridgehead atoms. The third-order valence-corrected chi connectivity index (χ3v) is 3.84. The van der Waals surface area contributed by atoms with Crippen molar-refractivity contribution < 1.29 is 14.2 Å². The van der Waals surface area contributed by atoms with E-state index < -0.39 is 0 Å². The van der Waals surface area contributed by atoms with Crippen LogP contribution in [0.3, 0.4) is 0 Å². The molecule has 0 aliphatic heterocycles. The highest BCUT2D eigenvalue weighted by atomic mass is 32.2. The van der Waals surface area contributed by atoms with E-state index in [2.05, 4.69) is 15.3 Å². The Morgan fingerprint density at radius 2 is 1.74 bits per heavy atom. The van der Waals surface area contributed by atoms with Crippen LogP contribution in [0.4, 0.5) is 0 Å². The van der Waals surface area contributed by atoms with Crippen molar-refractivity contribution in [3.63, 3.8) is 0 Å². The first-order valence-electron chi connectivity index (χ1n) is 7.01. The molecule has 0 radical (unpaired) electrons. The largest absolute Gasteiger partial charge is 0.496 e. The summed E-state index contributed by atoms with van der Waals surface area (Å²) in [5.41, 5.74) is 0.771. The van der Waals surface area contributed by atoms with E-state index in [9.17, 15) is 0 Å². The molecule has 0 amide bonds. The Balaban J connectivity index is 2.45. The lowest BCUT2D eigenvalue weighted by Gasteiger charge is -2.11. The first-order chi connectivity index (χ1) is 11.2. The van der Waals surface area contributed by atoms with Gasteiger partial charge in [-0.2, -0.15) is 9.78 Å². The molecule has 0 spiro atoms. The summed E-state index contributed by atoms with van der Waals surface area (Å²) < 4.78 is 17.7. The number of methoxy groups -OCH3 is 3. The van der Waals surface area contributed by atoms with E-state index in [0.29, 0.717) is 17.2 Å². The Bertz CT molecular complexity index is 679. The Morgan fingerprint density at radius 1 is 1.09 bits per heavy atom. The highest BCUT2D eigenvalue weighted by Crippen LogP contribution is 2.33. The topological polar surface area (TPSA) is 70.8 Å². The van der Waals surface area contributed by atoms with Gasteiger partial charge in [-0.3, -0.25) is 0 Å². The molecule has 0 saturated heterocycles. The highest BCUT2D eigenvalue weighted by molar-refractivity contribution is 7.98. The van der Waals surface area contributed by atoms with Gasteiger partial charge in [-0.25, -0.2) is 0 Å². The van der Waals surface area contributed by atoms with Gasteiger partial charge in [0.2, 0.25) is 5.16 Å². The molecule has 0 aliphatic rings. The molecular weight excluding hydrogens is 316 g/mol. The van der Waals surface area contributed by atoms with Gasteiger partial charge in [0, 0.05) is 18.1 Å². The summed E-state index contributed by atoms with van der Waals surface area (Å²) in [7, 11) is 4.77. The van der Waals surface area contributed by atoms with Crippen molar-refractivity contribution in [2.45, 2.75) is 18.5 Å². The van der Waals surface area contributed by atoms with Crippen molar-refractivity contribution >= 4 is 18.0 Å². The predicted octanol–water partition coefficient (Wildman–Crippen LogP) is 2.47. The van der Waals surface area contributed by atoms with Crippen LogP contribution >= 0.6 is 11.8 Å². The molecule has 0 unspecified atom stereocenters. The Labute approximate surface area is 139 Å². The molecule has 7 nitrogen and oxygen atoms in total. The summed E-state index contributed by atoms with van der Waals surface area (Å²) in [4.78, 5) is 0. The molecule has 2 aromatic rings. The van der Waals surface area contributed by atoms with E-state index in [4.69, 9.17) is 14.2 Å². The second-order valence-corrected chi connectivity index (χ2v) is 5.24. The fourth-order valence-corrected chi connectivity index (χ4v) is 2.48. The van der Waals surface area contributed by atoms with E-state index in [1.165, 1.54) is 11.8 Å². The van der Waals surface area contributed by atoms with Gasteiger partial charge in [0.05, 0.1) is 27.5 Å². The second kappa shape index (κ2) is 7.87. The van der Waals surface area contributed by atoms with Crippen LogP contribution in [0.25, 0.3) is 0 Å². The summed E-state index contributed by atoms with van der Waals surface area (Å²) in [6.45, 7) is 2.01. The Kier molecular flexibility index (Phi) is 5.86. The van der Waals surface area contributed by atoms with Gasteiger partial charge in [-0.05, 0) is 12.3 Å². The lowest BCUT2D eigenvalue weighted by molar-refractivity contribution is 0.349. The number of rotatable bonds is 7. The van der Waals surface area contributed by atoms with Crippen molar-refractivity contribution in [1.29, 1.82) is 0 Å². The molecule has 0 atom stereocenters. The highest BCUT2D eigenvalue weighted by Gasteiger charge is 2.12. The molecule has 0 N–H and O–H groups in total. The van der Waals surface area contributed by atoms with E-state index in [-0.39, 0.29) is 0 Å². The van der Waals surface area contributed by atoms with Crippen LogP contribution in [0.15, 0.2) is 22.4 Å². The standard InChI is InChI=1S/C15H20N4O3S/c1-6-14-17-18-15(23-5)19(14)16-9-10-7-12(21-3)13(22-4)8-11(10)20-2/h7-9H,6H2,1-5H3/b16-9-. The van der Waals surface area contributed by atoms with Crippen LogP contribution in [0.5, 0.6) is 17.2 Å². The van der Waals surface area contributed by atoms with Gasteiger partial charge >= 0.3 is 0 Å². The van der Waals surface area contributed by atoms with Gasteiger partial charge in [-0.15, -0.1) is 10.2 Å². The zero-order valence-corrected chi connectivity index (χ0v) is 14.7. The van der Waals surface area contributed by atoms with Crippen LogP contribution < -0.4 is 14.2 Å². The van der Waals surface area contributed by atoms with E-state index in [1.807, 2.05) is 19.2 Å². The summed E-state index contributed by atoms with van der Waals surface area (Å²) in [5.74, 6) is 2.65. The number of hydrogen-bond acceptors (Lipinski definition) is 7. The lowest BCUT2D eigenvalue weighted by atomic mass is 10.2. The van der Waals surface area contributed by atoms with Crippen LogP contribution in [0.2, 0.25) is 0 Å². The molecule has 124 valence electrons. The van der Waals surface area contributed by atoms with E-state index in [0.717, 1.165) is 23.0 Å². The zero-order valence-electron chi connectivity index (χ0n) is 13.9. The molecule has 1 aromatic heterocycles. The minimum absolute atomic E-state index is 0.602. The van der Waals surface area contributed by atoms with Gasteiger partial charge in [0.15, 0.2) is 17.3 Å². The van der Waals surface area contributed by atoms with E-state index >= 15 is 0 Å². The number of ether oxygens (including phenoxy) is 3. The monoisotopic (exact) mass is 336 g/mol. The maximum Gasteiger partial charge on any atom is 0.211 e. The second-order valence-electron chi connectivity index (χ2n) is 4.46. The van der Waals surface area contributed by atoms with E-state index in [1.54, 1.807) is 38.3 Å². The lowest BCUT2D eigenvalue weighted by Crippen LogP contribution is -2.00. The first-order valence-corrected chi connectivity index (χ1v) is 8.23. The number of benzene rings is 1. The van der Waals surface area contributed by atoms with Crippen molar-refractivity contribution in [3.8, 4) is 17.2 Å². The molecular formula is C15H20N4O3S. The fraction of sp³-hybridized carbons (Fsp3) is 0.400. The maximum atomic E-state index is 5.40. The number of aromatic nitrogens is 3. The SMILES string of the molecule is CCc1nnc(SC)n1/N=C\c1cc(OC)c(OC)cc1OC. The molecule has 23 heavy (non-hydrogen) atoms. The summed E-state index contributed by atoms with van der Waals surface area (Å²) >= 11 is 1.49. The van der Waals surface area contributed by atoms with Crippen molar-refractivity contribution in [2.24, 2.45) is 5.10 Å². The third-order valence-electron chi connectivity index (χ3n) is 3.22. The quantitative estimate of drug-likeness (QED) is 0.571. The number of hydrogen-bond donors (Lipinski definition) is 0. The minimum atomic E-state index is 0.602. The van der Waals surface area contributed by atoms with Crippen molar-refractivity contribution in [2.75, 3.05) is 27.6 Å². The molecule has 0 aliphatic carbocycles. The average molecular weight is 336 g/mol. The molecule has 0 saturated carbocycles. The first kappa shape index (κ1) is 17.1. The Morgan fingerprint density at radius 3 is 2.30 bits per heavy atom. The summed E-state index contributed by atoms with van der Waals surface area (Å²) in [6, 6.07) is 3.58. The van der Waals surface area contributed by atoms with Crippen LogP contribution in [-0.4, -0.2) is 48.7 Å². The van der Waals surface area contributed by atoms with Gasteiger partial charge in [-0.1, -0.05) is 18.7 Å². The molecule has 8 heteroatoms. The van der Waals surface area contributed by atoms with Crippen molar-refractivity contribution in [1.82, 2.24) is 14.9 Å². The average Bonchev–Trinajstić information content (AvgIpc) is 3.00. The van der Waals surface area contributed by atoms with Gasteiger partial charge in [0.25, 0.3) is 0 Å².